The van der Waals surface area contributed by atoms with Crippen LogP contribution in [0.3, 0.4) is 0 Å². The van der Waals surface area contributed by atoms with Gasteiger partial charge in [0, 0.05) is 7.11 Å². The number of aliphatic hydroxyl groups is 1. The monoisotopic (exact) mass is 160 g/mol. The van der Waals surface area contributed by atoms with Crippen molar-refractivity contribution in [3.63, 3.8) is 0 Å². The highest BCUT2D eigenvalue weighted by Gasteiger charge is 0.839. The summed E-state index contributed by atoms with van der Waals surface area (Å²) in [5.41, 5.74) is 0. The molecule has 0 aliphatic carbocycles. The van der Waals surface area contributed by atoms with E-state index in [0.29, 0.717) is 0 Å². The third-order valence-corrected chi connectivity index (χ3v) is 0. The van der Waals surface area contributed by atoms with E-state index in [4.69, 9.17) is 9.90 Å². The molecule has 0 saturated heterocycles. The van der Waals surface area contributed by atoms with E-state index >= 15 is 0 Å². The highest BCUT2D eigenvalue weighted by Crippen LogP contribution is 0.755. The summed E-state index contributed by atoms with van der Waals surface area (Å²) < 4.78 is 0. The standard InChI is InChI=1S/CH4O.CH2O.5CH4.H2O/c2*1-2;;;;;;/h2H,1H3;1H2;5*1H4;1H2. The molecule has 0 radical (unpaired) electrons. The van der Waals surface area contributed by atoms with Crippen molar-refractivity contribution in [3.8, 4) is 0 Å². The molecule has 0 aromatic heterocycles. The smallest absolute Gasteiger partial charge is 0.106 e. The van der Waals surface area contributed by atoms with Crippen LogP contribution < -0.4 is 0 Å². The van der Waals surface area contributed by atoms with Crippen molar-refractivity contribution in [1.29, 1.82) is 0 Å². The van der Waals surface area contributed by atoms with Crippen LogP contribution in [-0.4, -0.2) is 24.5 Å². The Balaban J connectivity index is -0.000000000833. The van der Waals surface area contributed by atoms with Gasteiger partial charge in [0.15, 0.2) is 0 Å². The minimum Gasteiger partial charge on any atom is -0.412 e. The average molecular weight is 160 g/mol. The van der Waals surface area contributed by atoms with E-state index in [1.807, 2.05) is 6.79 Å². The van der Waals surface area contributed by atoms with Crippen molar-refractivity contribution < 1.29 is 15.4 Å². The molecule has 0 saturated carbocycles. The van der Waals surface area contributed by atoms with E-state index in [9.17, 15) is 0 Å². The van der Waals surface area contributed by atoms with Crippen LogP contribution in [0, 0.1) is 0 Å². The largest absolute Gasteiger partial charge is 0.412 e. The molecule has 0 heterocycles. The van der Waals surface area contributed by atoms with E-state index < -0.39 is 0 Å². The number of hydrogen-bond donors (Lipinski definition) is 1. The maximum absolute atomic E-state index is 8.00. The van der Waals surface area contributed by atoms with Gasteiger partial charge in [0.2, 0.25) is 0 Å². The Hall–Kier alpha value is -0.410. The molecule has 0 aliphatic heterocycles. The zero-order valence-corrected chi connectivity index (χ0v) is 3.06. The second-order valence-electron chi connectivity index (χ2n) is 0. The summed E-state index contributed by atoms with van der Waals surface area (Å²) in [7, 11) is 1.00. The van der Waals surface area contributed by atoms with Crippen molar-refractivity contribution >= 4 is 6.79 Å². The van der Waals surface area contributed by atoms with Gasteiger partial charge < -0.3 is 15.4 Å². The number of carbonyl (C=O) groups excluding carboxylic acids is 1. The molecule has 74 valence electrons. The van der Waals surface area contributed by atoms with Gasteiger partial charge in [-0.1, -0.05) is 37.1 Å². The molecule has 0 aromatic carbocycles. The summed E-state index contributed by atoms with van der Waals surface area (Å²) in [5.74, 6) is 0. The van der Waals surface area contributed by atoms with Crippen LogP contribution in [0.25, 0.3) is 0 Å². The normalized spacial score (nSPS) is 1.00. The van der Waals surface area contributed by atoms with Gasteiger partial charge >= 0.3 is 0 Å². The lowest BCUT2D eigenvalue weighted by molar-refractivity contribution is -0.0979. The predicted octanol–water partition coefficient (Wildman–Crippen LogP) is 1.78. The van der Waals surface area contributed by atoms with E-state index in [1.165, 1.54) is 0 Å². The lowest BCUT2D eigenvalue weighted by atomic mass is 11.8. The maximum Gasteiger partial charge on any atom is 0.106 e. The Kier molecular flexibility index (Phi) is 82400. The van der Waals surface area contributed by atoms with Crippen molar-refractivity contribution in [2.75, 3.05) is 7.11 Å². The second kappa shape index (κ2) is 2940. The first kappa shape index (κ1) is 280. The van der Waals surface area contributed by atoms with Gasteiger partial charge in [0.05, 0.1) is 0 Å². The number of aliphatic hydroxyl groups excluding tert-OH is 1. The SMILES string of the molecule is C.C.C.C.C.C=O.CO.O. The summed E-state index contributed by atoms with van der Waals surface area (Å²) in [5, 5.41) is 7.00. The van der Waals surface area contributed by atoms with Crippen molar-refractivity contribution in [1.82, 2.24) is 0 Å². The number of hydrogen-bond acceptors (Lipinski definition) is 2. The van der Waals surface area contributed by atoms with Crippen molar-refractivity contribution in [3.05, 3.63) is 0 Å². The minimum atomic E-state index is 0. The lowest BCUT2D eigenvalue weighted by Gasteiger charge is -1.21. The molecule has 0 spiro atoms. The average Bonchev–Trinajstić information content (AvgIpc) is 1.50. The van der Waals surface area contributed by atoms with Crippen LogP contribution in [0.15, 0.2) is 0 Å². The van der Waals surface area contributed by atoms with Crippen LogP contribution in [0.4, 0.5) is 0 Å². The minimum absolute atomic E-state index is 0. The van der Waals surface area contributed by atoms with Gasteiger partial charge in [0.25, 0.3) is 0 Å². The first-order chi connectivity index (χ1) is 2.00. The molecule has 0 aromatic rings. The second-order valence-corrected chi connectivity index (χ2v) is 0. The molecule has 0 fully saturated rings. The molecule has 0 bridgehead atoms. The topological polar surface area (TPSA) is 68.8 Å². The zero-order valence-electron chi connectivity index (χ0n) is 3.06. The molecular weight excluding hydrogens is 132 g/mol. The molecule has 0 amide bonds. The molecule has 3 heteroatoms. The Morgan fingerprint density at radius 1 is 0.800 bits per heavy atom. The maximum atomic E-state index is 8.00. The fourth-order valence-electron chi connectivity index (χ4n) is 0. The molecular formula is C7H28O3. The van der Waals surface area contributed by atoms with Gasteiger partial charge in [-0.15, -0.1) is 0 Å². The van der Waals surface area contributed by atoms with E-state index in [1.54, 1.807) is 0 Å². The molecule has 10 heavy (non-hydrogen) atoms. The van der Waals surface area contributed by atoms with Gasteiger partial charge in [-0.05, 0) is 0 Å². The Bertz CT molecular complexity index is 8.81. The van der Waals surface area contributed by atoms with Gasteiger partial charge in [-0.2, -0.15) is 0 Å². The van der Waals surface area contributed by atoms with E-state index in [0.717, 1.165) is 7.11 Å². The summed E-state index contributed by atoms with van der Waals surface area (Å²) >= 11 is 0. The Morgan fingerprint density at radius 2 is 0.800 bits per heavy atom. The summed E-state index contributed by atoms with van der Waals surface area (Å²) in [4.78, 5) is 8.00. The molecule has 0 aliphatic rings. The Morgan fingerprint density at radius 3 is 0.800 bits per heavy atom. The summed E-state index contributed by atoms with van der Waals surface area (Å²) in [6.45, 7) is 2.00. The first-order valence-electron chi connectivity index (χ1n) is 0.736. The van der Waals surface area contributed by atoms with Crippen LogP contribution >= 0.6 is 0 Å². The fourth-order valence-corrected chi connectivity index (χ4v) is 0. The Labute approximate surface area is 67.4 Å². The third-order valence-electron chi connectivity index (χ3n) is 0. The fraction of sp³-hybridized carbons (Fsp3) is 0.857. The molecule has 0 atom stereocenters. The van der Waals surface area contributed by atoms with Gasteiger partial charge in [-0.25, -0.2) is 0 Å². The van der Waals surface area contributed by atoms with Crippen molar-refractivity contribution in [2.24, 2.45) is 0 Å². The number of rotatable bonds is 0. The van der Waals surface area contributed by atoms with E-state index in [-0.39, 0.29) is 42.6 Å². The third kappa shape index (κ3) is 1960. The van der Waals surface area contributed by atoms with E-state index in [2.05, 4.69) is 0 Å². The predicted molar refractivity (Wildman–Crippen MR) is 52.5 cm³/mol. The molecule has 3 nitrogen and oxygen atoms in total. The quantitative estimate of drug-likeness (QED) is 0.587. The highest BCUT2D eigenvalue weighted by molar-refractivity contribution is 5.10. The van der Waals surface area contributed by atoms with Crippen LogP contribution in [-0.2, 0) is 4.79 Å². The van der Waals surface area contributed by atoms with Crippen LogP contribution in [0.1, 0.15) is 37.1 Å². The van der Waals surface area contributed by atoms with Crippen LogP contribution in [0.5, 0.6) is 0 Å². The van der Waals surface area contributed by atoms with Crippen LogP contribution in [0.2, 0.25) is 0 Å². The molecule has 0 rings (SSSR count). The highest BCUT2D eigenvalue weighted by atomic mass is 16.2. The van der Waals surface area contributed by atoms with Crippen molar-refractivity contribution in [2.45, 2.75) is 37.1 Å². The summed E-state index contributed by atoms with van der Waals surface area (Å²) in [6.07, 6.45) is 0. The van der Waals surface area contributed by atoms with Gasteiger partial charge in [0.1, 0.15) is 6.79 Å². The lowest BCUT2D eigenvalue weighted by Crippen LogP contribution is -1.25. The molecule has 0 unspecified atom stereocenters. The zero-order chi connectivity index (χ0) is 4.00. The first-order valence-corrected chi connectivity index (χ1v) is 0.736. The van der Waals surface area contributed by atoms with Gasteiger partial charge in [-0.3, -0.25) is 0 Å². The number of carbonyl (C=O) groups is 1. The molecule has 3 N–H and O–H groups in total. The summed E-state index contributed by atoms with van der Waals surface area (Å²) in [6, 6.07) is 0.